The zero-order chi connectivity index (χ0) is 21.0. The average molecular weight is 442 g/mol. The summed E-state index contributed by atoms with van der Waals surface area (Å²) >= 11 is 5.73. The second-order valence-electron chi connectivity index (χ2n) is 6.31. The molecular weight excluding hydrogens is 422 g/mol. The lowest BCUT2D eigenvalue weighted by atomic mass is 10.3. The molecule has 0 spiro atoms. The summed E-state index contributed by atoms with van der Waals surface area (Å²) in [6, 6.07) is 7.17. The van der Waals surface area contributed by atoms with Gasteiger partial charge in [0.05, 0.1) is 23.1 Å². The van der Waals surface area contributed by atoms with Crippen LogP contribution < -0.4 is 5.32 Å². The Morgan fingerprint density at radius 1 is 1.24 bits per heavy atom. The molecular formula is C18H20ClN3O6S. The van der Waals surface area contributed by atoms with E-state index in [9.17, 15) is 18.0 Å². The monoisotopic (exact) mass is 441 g/mol. The predicted molar refractivity (Wildman–Crippen MR) is 105 cm³/mol. The fourth-order valence-electron chi connectivity index (χ4n) is 2.65. The highest BCUT2D eigenvalue weighted by Crippen LogP contribution is 2.20. The molecule has 0 radical (unpaired) electrons. The number of ether oxygens (including phenoxy) is 2. The molecule has 1 saturated heterocycles. The van der Waals surface area contributed by atoms with Crippen molar-refractivity contribution in [2.75, 3.05) is 31.6 Å². The molecule has 11 heteroatoms. The van der Waals surface area contributed by atoms with Crippen molar-refractivity contribution in [1.29, 1.82) is 0 Å². The topological polar surface area (TPSA) is 118 Å². The highest BCUT2D eigenvalue weighted by atomic mass is 35.5. The molecule has 156 valence electrons. The van der Waals surface area contributed by atoms with Crippen LogP contribution in [-0.2, 0) is 24.3 Å². The maximum atomic E-state index is 12.6. The van der Waals surface area contributed by atoms with Crippen LogP contribution in [0.25, 0.3) is 0 Å². The minimum Gasteiger partial charge on any atom is -0.448 e. The number of carbonyl (C=O) groups excluding carboxylic acids is 2. The number of aromatic amines is 1. The lowest BCUT2D eigenvalue weighted by Gasteiger charge is -2.26. The summed E-state index contributed by atoms with van der Waals surface area (Å²) in [5.74, 6) is -1.27. The minimum absolute atomic E-state index is 0.125. The van der Waals surface area contributed by atoms with Crippen molar-refractivity contribution in [2.24, 2.45) is 0 Å². The lowest BCUT2D eigenvalue weighted by molar-refractivity contribution is -0.123. The van der Waals surface area contributed by atoms with Crippen LogP contribution in [0.3, 0.4) is 0 Å². The number of anilines is 1. The van der Waals surface area contributed by atoms with Gasteiger partial charge in [-0.3, -0.25) is 4.79 Å². The Balaban J connectivity index is 1.60. The van der Waals surface area contributed by atoms with E-state index in [1.54, 1.807) is 0 Å². The number of halogens is 1. The summed E-state index contributed by atoms with van der Waals surface area (Å²) < 4.78 is 36.8. The van der Waals surface area contributed by atoms with Crippen LogP contribution in [0, 0.1) is 0 Å². The van der Waals surface area contributed by atoms with E-state index in [1.807, 2.05) is 0 Å². The maximum absolute atomic E-state index is 12.6. The first-order valence-electron chi connectivity index (χ1n) is 8.81. The van der Waals surface area contributed by atoms with Gasteiger partial charge in [-0.05, 0) is 37.3 Å². The van der Waals surface area contributed by atoms with Gasteiger partial charge >= 0.3 is 5.97 Å². The fourth-order valence-corrected chi connectivity index (χ4v) is 4.23. The third-order valence-electron chi connectivity index (χ3n) is 4.25. The van der Waals surface area contributed by atoms with Gasteiger partial charge in [0.2, 0.25) is 10.0 Å². The number of hydrogen-bond acceptors (Lipinski definition) is 6. The van der Waals surface area contributed by atoms with Crippen LogP contribution in [0.1, 0.15) is 17.4 Å². The summed E-state index contributed by atoms with van der Waals surface area (Å²) in [4.78, 5) is 27.0. The number of H-pyrrole nitrogens is 1. The van der Waals surface area contributed by atoms with Crippen molar-refractivity contribution in [3.05, 3.63) is 47.2 Å². The number of nitrogens with zero attached hydrogens (tertiary/aromatic N) is 1. The average Bonchev–Trinajstić information content (AvgIpc) is 3.15. The maximum Gasteiger partial charge on any atom is 0.355 e. The molecule has 1 fully saturated rings. The Morgan fingerprint density at radius 2 is 1.90 bits per heavy atom. The Labute approximate surface area is 173 Å². The van der Waals surface area contributed by atoms with Gasteiger partial charge in [0.15, 0.2) is 6.10 Å². The molecule has 1 amide bonds. The number of esters is 1. The van der Waals surface area contributed by atoms with Crippen LogP contribution in [-0.4, -0.2) is 62.0 Å². The number of nitrogens with one attached hydrogen (secondary N) is 2. The van der Waals surface area contributed by atoms with E-state index in [2.05, 4.69) is 10.3 Å². The van der Waals surface area contributed by atoms with Crippen molar-refractivity contribution >= 4 is 39.2 Å². The van der Waals surface area contributed by atoms with Crippen molar-refractivity contribution in [3.8, 4) is 0 Å². The Bertz CT molecular complexity index is 983. The van der Waals surface area contributed by atoms with Gasteiger partial charge in [-0.25, -0.2) is 13.2 Å². The molecule has 2 N–H and O–H groups in total. The SMILES string of the molecule is C[C@@H](OC(=O)c1cc(Cl)c[nH]1)C(=O)Nc1ccc(S(=O)(=O)N2CCOCC2)cc1. The molecule has 9 nitrogen and oxygen atoms in total. The van der Waals surface area contributed by atoms with Crippen LogP contribution in [0.2, 0.25) is 5.02 Å². The van der Waals surface area contributed by atoms with E-state index in [0.29, 0.717) is 37.0 Å². The van der Waals surface area contributed by atoms with Crippen LogP contribution in [0.15, 0.2) is 41.4 Å². The molecule has 0 aliphatic carbocycles. The zero-order valence-corrected chi connectivity index (χ0v) is 17.1. The van der Waals surface area contributed by atoms with Gasteiger partial charge in [0.1, 0.15) is 5.69 Å². The third-order valence-corrected chi connectivity index (χ3v) is 6.38. The summed E-state index contributed by atoms with van der Waals surface area (Å²) in [7, 11) is -3.61. The highest BCUT2D eigenvalue weighted by Gasteiger charge is 2.26. The van der Waals surface area contributed by atoms with E-state index < -0.39 is 28.0 Å². The van der Waals surface area contributed by atoms with E-state index in [0.717, 1.165) is 0 Å². The highest BCUT2D eigenvalue weighted by molar-refractivity contribution is 7.89. The normalized spacial score (nSPS) is 16.2. The van der Waals surface area contributed by atoms with Crippen molar-refractivity contribution in [2.45, 2.75) is 17.9 Å². The molecule has 1 aliphatic rings. The molecule has 1 atom stereocenters. The van der Waals surface area contributed by atoms with Gasteiger partial charge in [0.25, 0.3) is 5.91 Å². The molecule has 0 saturated carbocycles. The molecule has 1 aromatic heterocycles. The van der Waals surface area contributed by atoms with Crippen molar-refractivity contribution < 1.29 is 27.5 Å². The van der Waals surface area contributed by atoms with Gasteiger partial charge in [-0.2, -0.15) is 4.31 Å². The molecule has 2 heterocycles. The van der Waals surface area contributed by atoms with E-state index in [-0.39, 0.29) is 10.6 Å². The second kappa shape index (κ2) is 8.95. The first-order chi connectivity index (χ1) is 13.8. The van der Waals surface area contributed by atoms with Crippen molar-refractivity contribution in [3.63, 3.8) is 0 Å². The van der Waals surface area contributed by atoms with Crippen LogP contribution in [0.5, 0.6) is 0 Å². The van der Waals surface area contributed by atoms with E-state index in [4.69, 9.17) is 21.1 Å². The number of aromatic nitrogens is 1. The molecule has 2 aromatic rings. The van der Waals surface area contributed by atoms with Crippen molar-refractivity contribution in [1.82, 2.24) is 9.29 Å². The zero-order valence-electron chi connectivity index (χ0n) is 15.6. The number of amides is 1. The molecule has 3 rings (SSSR count). The lowest BCUT2D eigenvalue weighted by Crippen LogP contribution is -2.40. The second-order valence-corrected chi connectivity index (χ2v) is 8.68. The quantitative estimate of drug-likeness (QED) is 0.661. The van der Waals surface area contributed by atoms with Crippen LogP contribution >= 0.6 is 11.6 Å². The molecule has 1 aromatic carbocycles. The Hall–Kier alpha value is -2.40. The smallest absolute Gasteiger partial charge is 0.355 e. The number of morpholine rings is 1. The number of carbonyl (C=O) groups is 2. The standard InChI is InChI=1S/C18H20ClN3O6S/c1-12(28-18(24)16-10-13(19)11-20-16)17(23)21-14-2-4-15(5-3-14)29(25,26)22-6-8-27-9-7-22/h2-5,10-12,20H,6-9H2,1H3,(H,21,23)/t12-/m1/s1. The van der Waals surface area contributed by atoms with Gasteiger partial charge in [-0.15, -0.1) is 0 Å². The largest absolute Gasteiger partial charge is 0.448 e. The summed E-state index contributed by atoms with van der Waals surface area (Å²) in [6.45, 7) is 2.75. The molecule has 0 bridgehead atoms. The van der Waals surface area contributed by atoms with Gasteiger partial charge in [-0.1, -0.05) is 11.6 Å². The fraction of sp³-hybridized carbons (Fsp3) is 0.333. The van der Waals surface area contributed by atoms with E-state index in [1.165, 1.54) is 47.8 Å². The number of rotatable bonds is 6. The number of hydrogen-bond donors (Lipinski definition) is 2. The van der Waals surface area contributed by atoms with Gasteiger partial charge in [0, 0.05) is 25.0 Å². The molecule has 29 heavy (non-hydrogen) atoms. The van der Waals surface area contributed by atoms with E-state index >= 15 is 0 Å². The first kappa shape index (κ1) is 21.3. The summed E-state index contributed by atoms with van der Waals surface area (Å²) in [6.07, 6.45) is 0.358. The van der Waals surface area contributed by atoms with Gasteiger partial charge < -0.3 is 19.8 Å². The molecule has 0 unspecified atom stereocenters. The summed E-state index contributed by atoms with van der Waals surface area (Å²) in [5.41, 5.74) is 0.508. The predicted octanol–water partition coefficient (Wildman–Crippen LogP) is 1.87. The minimum atomic E-state index is -3.61. The third kappa shape index (κ3) is 5.15. The first-order valence-corrected chi connectivity index (χ1v) is 10.6. The summed E-state index contributed by atoms with van der Waals surface area (Å²) in [5, 5.41) is 2.93. The number of sulfonamides is 1. The molecule has 1 aliphatic heterocycles. The number of benzene rings is 1. The Morgan fingerprint density at radius 3 is 2.48 bits per heavy atom. The van der Waals surface area contributed by atoms with Crippen LogP contribution in [0.4, 0.5) is 5.69 Å². The Kier molecular flexibility index (Phi) is 6.58.